The maximum atomic E-state index is 14.3. The molecule has 4 unspecified atom stereocenters. The minimum absolute atomic E-state index is 0.0822. The molecule has 828 valence electrons. The van der Waals surface area contributed by atoms with Gasteiger partial charge >= 0.3 is 35.8 Å². The highest BCUT2D eigenvalue weighted by atomic mass is 17.3. The van der Waals surface area contributed by atoms with E-state index < -0.39 is 180 Å². The Hall–Kier alpha value is -4.18. The average Bonchev–Trinajstić information content (AvgIpc) is 1.64. The van der Waals surface area contributed by atoms with Crippen molar-refractivity contribution in [3.05, 3.63) is 0 Å². The standard InChI is InChI=1S/C58H89NO17.C52H79NO18/c1-32-10-13-41-35(4)44(66-47-28-53(7)22-16-38(32)56(41,47)74-71-53)19-25-63-48(60)29-59(30-49(61)64-26-20-45-36(5)42-14-11-33(2)39-17-23-54(8)69-51(67-45)57(39,42)75-72-54)31-50(62)65-27-21-46-37(6)43-15-12-34(3)40-18-24-55(9)70-52(68-46)58(40,43)76-73-55;1-26-11-14-35-29(4)41(62-44-50(35,57)32(26)17-20-47(7,58-10)65-44)59-38(54)23-53(24-39(55)60-42-30(5)36-15-12-27(2)33-18-21-48(8)66-45(63-42)51(33,36)70-68-48)25-40(56)61-43-31(6)37-16-13-28(3)34-19-22-49(9)67-46(64-43)52(34,37)71-69-49/h32-47,51-52H,10-31H2,1-9H3;26-37,41-46,57H,11-25H2,1-10H3/t32-,33-,34-,35-,36-,37-,38+,39+,40+,41+,42+,43+,44?,45?,46?,47-,51-,52-,53+,54+,55+,56-,57-,58-;26-,27-,28-,29-,30-,31-,32+,33+,34+,35+,36+,37+,41-,42-,43?,44-,45-,46-,47-,48+,49-,50-,51-,52-/m11/s1. The summed E-state index contributed by atoms with van der Waals surface area (Å²) in [7, 11) is 1.57. The Bertz CT molecular complexity index is 4470. The van der Waals surface area contributed by atoms with E-state index in [2.05, 4.69) is 69.2 Å². The second kappa shape index (κ2) is 40.1. The van der Waals surface area contributed by atoms with Crippen LogP contribution in [0.1, 0.15) is 304 Å². The Balaban J connectivity index is 0.000000167. The predicted molar refractivity (Wildman–Crippen MR) is 509 cm³/mol. The highest BCUT2D eigenvalue weighted by Gasteiger charge is 2.77. The molecule has 28 aliphatic rings. The normalized spacial score (nSPS) is 52.6. The van der Waals surface area contributed by atoms with Crippen LogP contribution < -0.4 is 0 Å². The van der Waals surface area contributed by atoms with E-state index in [1.165, 1.54) is 9.80 Å². The maximum Gasteiger partial charge on any atom is 0.322 e. The van der Waals surface area contributed by atoms with Gasteiger partial charge in [0.2, 0.25) is 42.0 Å². The van der Waals surface area contributed by atoms with E-state index in [4.69, 9.17) is 134 Å². The van der Waals surface area contributed by atoms with Crippen LogP contribution in [0.5, 0.6) is 0 Å². The molecule has 48 atom stereocenters. The summed E-state index contributed by atoms with van der Waals surface area (Å²) in [5, 5.41) is 12.6. The molecule has 5 spiro atoms. The van der Waals surface area contributed by atoms with E-state index in [-0.39, 0.29) is 164 Å². The number of hydrogen-bond donors (Lipinski definition) is 1. The van der Waals surface area contributed by atoms with Crippen LogP contribution in [0.15, 0.2) is 0 Å². The minimum Gasteiger partial charge on any atom is -0.465 e. The van der Waals surface area contributed by atoms with Crippen molar-refractivity contribution in [3.8, 4) is 0 Å². The molecular formula is C110H168N2O35. The molecule has 0 amide bonds. The maximum absolute atomic E-state index is 14.3. The number of aliphatic hydroxyl groups is 1. The fourth-order valence-corrected chi connectivity index (χ4v) is 34.2. The molecule has 7 saturated carbocycles. The molecule has 0 aromatic heterocycles. The first-order chi connectivity index (χ1) is 69.9. The van der Waals surface area contributed by atoms with Crippen LogP contribution in [0.4, 0.5) is 0 Å². The van der Waals surface area contributed by atoms with E-state index in [1.807, 2.05) is 55.4 Å². The van der Waals surface area contributed by atoms with E-state index in [9.17, 15) is 33.9 Å². The molecule has 21 aliphatic heterocycles. The quantitative estimate of drug-likeness (QED) is 0.0504. The smallest absolute Gasteiger partial charge is 0.322 e. The van der Waals surface area contributed by atoms with Crippen molar-refractivity contribution >= 4 is 35.8 Å². The van der Waals surface area contributed by atoms with Crippen molar-refractivity contribution in [2.75, 3.05) is 66.2 Å². The summed E-state index contributed by atoms with van der Waals surface area (Å²) >= 11 is 0. The van der Waals surface area contributed by atoms with Crippen LogP contribution in [0, 0.1) is 142 Å². The first kappa shape index (κ1) is 107. The molecule has 21 heterocycles. The van der Waals surface area contributed by atoms with Crippen molar-refractivity contribution in [2.24, 2.45) is 142 Å². The Labute approximate surface area is 864 Å². The number of ether oxygens (including phenoxy) is 18. The van der Waals surface area contributed by atoms with Crippen molar-refractivity contribution in [1.29, 1.82) is 0 Å². The van der Waals surface area contributed by atoms with E-state index in [1.54, 1.807) is 7.11 Å². The second-order valence-corrected chi connectivity index (χ2v) is 51.6. The van der Waals surface area contributed by atoms with Crippen LogP contribution in [0.25, 0.3) is 0 Å². The molecular weight excluding hydrogens is 1910 g/mol. The van der Waals surface area contributed by atoms with Gasteiger partial charge in [-0.25, -0.2) is 48.9 Å². The highest BCUT2D eigenvalue weighted by molar-refractivity contribution is 5.79. The molecule has 7 aliphatic carbocycles. The van der Waals surface area contributed by atoms with Crippen molar-refractivity contribution < 1.29 is 168 Å². The molecule has 28 fully saturated rings. The lowest BCUT2D eigenvalue weighted by Gasteiger charge is -2.61. The molecule has 0 aromatic carbocycles. The Morgan fingerprint density at radius 2 is 0.571 bits per heavy atom. The molecule has 1 N–H and O–H groups in total. The Kier molecular flexibility index (Phi) is 29.2. The lowest BCUT2D eigenvalue weighted by atomic mass is 9.56. The third kappa shape index (κ3) is 18.4. The Morgan fingerprint density at radius 1 is 0.286 bits per heavy atom. The molecule has 28 rings (SSSR count). The topological polar surface area (TPSA) is 388 Å². The molecule has 37 nitrogen and oxygen atoms in total. The largest absolute Gasteiger partial charge is 0.465 e. The molecule has 0 aromatic rings. The van der Waals surface area contributed by atoms with Crippen molar-refractivity contribution in [1.82, 2.24) is 9.80 Å². The molecule has 147 heavy (non-hydrogen) atoms. The lowest BCUT2D eigenvalue weighted by molar-refractivity contribution is -0.576. The van der Waals surface area contributed by atoms with Gasteiger partial charge in [-0.3, -0.25) is 38.6 Å². The fourth-order valence-electron chi connectivity index (χ4n) is 34.2. The molecule has 10 bridgehead atoms. The van der Waals surface area contributed by atoms with Crippen molar-refractivity contribution in [3.63, 3.8) is 0 Å². The summed E-state index contributed by atoms with van der Waals surface area (Å²) in [6.07, 6.45) is 15.1. The van der Waals surface area contributed by atoms with Gasteiger partial charge in [-0.15, -0.1) is 0 Å². The van der Waals surface area contributed by atoms with Crippen molar-refractivity contribution in [2.45, 2.75) is 447 Å². The Morgan fingerprint density at radius 3 is 0.939 bits per heavy atom. The van der Waals surface area contributed by atoms with Gasteiger partial charge < -0.3 is 90.4 Å². The number of carbonyl (C=O) groups excluding carboxylic acids is 6. The summed E-state index contributed by atoms with van der Waals surface area (Å²) in [5.74, 6) is -6.17. The number of esters is 6. The van der Waals surface area contributed by atoms with E-state index >= 15 is 0 Å². The van der Waals surface area contributed by atoms with E-state index in [0.29, 0.717) is 86.9 Å². The van der Waals surface area contributed by atoms with Crippen LogP contribution in [-0.2, 0) is 163 Å². The van der Waals surface area contributed by atoms with Crippen LogP contribution in [0.2, 0.25) is 0 Å². The number of fused-ring (bicyclic) bond motifs is 10. The zero-order valence-corrected chi connectivity index (χ0v) is 90.2. The third-order valence-corrected chi connectivity index (χ3v) is 42.7. The van der Waals surface area contributed by atoms with Crippen LogP contribution in [-0.4, -0.2) is 260 Å². The predicted octanol–water partition coefficient (Wildman–Crippen LogP) is 14.5. The van der Waals surface area contributed by atoms with Gasteiger partial charge in [-0.05, 0) is 258 Å². The highest BCUT2D eigenvalue weighted by Crippen LogP contribution is 2.69. The van der Waals surface area contributed by atoms with Crippen LogP contribution >= 0.6 is 0 Å². The number of nitrogens with zero attached hydrogens (tertiary/aromatic N) is 2. The monoisotopic (exact) mass is 2080 g/mol. The lowest BCUT2D eigenvalue weighted by Crippen LogP contribution is -2.70. The number of carbonyl (C=O) groups is 6. The first-order valence-electron chi connectivity index (χ1n) is 56.9. The van der Waals surface area contributed by atoms with Gasteiger partial charge in [0.05, 0.1) is 83.5 Å². The second-order valence-electron chi connectivity index (χ2n) is 51.6. The van der Waals surface area contributed by atoms with Gasteiger partial charge in [0.1, 0.15) is 16.8 Å². The van der Waals surface area contributed by atoms with Gasteiger partial charge in [-0.2, -0.15) is 0 Å². The van der Waals surface area contributed by atoms with Crippen LogP contribution in [0.3, 0.4) is 0 Å². The number of methoxy groups -OCH3 is 1. The van der Waals surface area contributed by atoms with Gasteiger partial charge in [0.15, 0.2) is 59.6 Å². The van der Waals surface area contributed by atoms with Gasteiger partial charge in [0.25, 0.3) is 0 Å². The molecule has 37 heteroatoms. The SMILES string of the molecule is CO[C@@]1(C)CC[C@H]2[C@H](C)CC[C@H]3[C@@H](C)[C@H](OC(=O)CN(CC(=O)OC4O[C@@H]5O[C@@]6(C)CC[C@H]7[C@H](C)CC[C@@H]([C@H]4C)[C@@]57OO6)CC(=O)O[C@@H]4O[C@@H]5O[C@]6(C)CC[C@H]7[C@H](C)CC[C@@H]([C@H]4C)[C@@]57OO6)O[C@H](O1)[C@]32O.C[C@@H]1CC[C@H]2[C@@H](C)C(CCOC(=O)CN(CC(=O)OCCC3O[C@@H]4O[C@]5(C)CC[C@H]6[C@H](C)CC[C@@H]([C@H]3C)[C@@]46OO5)CC(=O)OCCC3O[C@@H]4C[C@]5(C)CC[C@H]6[C@H](C)CC[C@@H]([C@H]3C)[C@@]46OO5)O[C@@H]3O[C@]4(C)CC[C@@H]1[C@]32OO4. The molecule has 0 radical (unpaired) electrons. The minimum atomic E-state index is -1.34. The summed E-state index contributed by atoms with van der Waals surface area (Å²) in [6, 6.07) is 0. The van der Waals surface area contributed by atoms with E-state index in [0.717, 1.165) is 128 Å². The summed E-state index contributed by atoms with van der Waals surface area (Å²) in [6.45, 7) is 35.3. The number of hydrogen-bond acceptors (Lipinski definition) is 37. The number of rotatable bonds is 25. The summed E-state index contributed by atoms with van der Waals surface area (Å²) in [4.78, 5) is 149. The van der Waals surface area contributed by atoms with Gasteiger partial charge in [0, 0.05) is 112 Å². The van der Waals surface area contributed by atoms with Gasteiger partial charge in [-0.1, -0.05) is 83.1 Å². The zero-order valence-electron chi connectivity index (χ0n) is 90.2. The zero-order chi connectivity index (χ0) is 103. The molecule has 21 saturated heterocycles. The average molecular weight is 2080 g/mol. The summed E-state index contributed by atoms with van der Waals surface area (Å²) in [5.41, 5.74) is -5.29. The summed E-state index contributed by atoms with van der Waals surface area (Å²) < 4.78 is 115. The third-order valence-electron chi connectivity index (χ3n) is 42.7. The fraction of sp³-hybridized carbons (Fsp3) is 0.945. The first-order valence-corrected chi connectivity index (χ1v) is 56.9.